The van der Waals surface area contributed by atoms with Crippen molar-refractivity contribution in [1.29, 1.82) is 0 Å². The third-order valence-corrected chi connectivity index (χ3v) is 3.56. The van der Waals surface area contributed by atoms with Gasteiger partial charge in [0, 0.05) is 11.5 Å². The van der Waals surface area contributed by atoms with Crippen LogP contribution in [-0.2, 0) is 5.41 Å². The molecule has 1 aromatic rings. The summed E-state index contributed by atoms with van der Waals surface area (Å²) in [4.78, 5) is 0. The monoisotopic (exact) mass is 201 g/mol. The molecule has 1 unspecified atom stereocenters. The van der Waals surface area contributed by atoms with Crippen molar-refractivity contribution >= 4 is 0 Å². The lowest BCUT2D eigenvalue weighted by Crippen LogP contribution is -2.37. The summed E-state index contributed by atoms with van der Waals surface area (Å²) in [5, 5.41) is 3.43. The van der Waals surface area contributed by atoms with Gasteiger partial charge in [0.15, 0.2) is 0 Å². The molecule has 1 N–H and O–H groups in total. The highest BCUT2D eigenvalue weighted by atomic mass is 14.9. The van der Waals surface area contributed by atoms with E-state index in [4.69, 9.17) is 0 Å². The Morgan fingerprint density at radius 2 is 2.07 bits per heavy atom. The second kappa shape index (κ2) is 4.19. The summed E-state index contributed by atoms with van der Waals surface area (Å²) < 4.78 is 0. The molecule has 0 aromatic heterocycles. The Balaban J connectivity index is 2.23. The maximum atomic E-state index is 3.84. The topological polar surface area (TPSA) is 12.0 Å². The van der Waals surface area contributed by atoms with Gasteiger partial charge in [-0.1, -0.05) is 36.4 Å². The second-order valence-electron chi connectivity index (χ2n) is 4.39. The first kappa shape index (κ1) is 10.4. The number of rotatable bonds is 5. The van der Waals surface area contributed by atoms with Gasteiger partial charge in [-0.15, -0.1) is 6.58 Å². The summed E-state index contributed by atoms with van der Waals surface area (Å²) >= 11 is 0. The van der Waals surface area contributed by atoms with E-state index in [0.717, 1.165) is 6.42 Å². The fraction of sp³-hybridized carbons (Fsp3) is 0.429. The molecule has 1 saturated carbocycles. The average molecular weight is 201 g/mol. The molecular weight excluding hydrogens is 182 g/mol. The van der Waals surface area contributed by atoms with Gasteiger partial charge in [-0.2, -0.15) is 0 Å². The zero-order chi connectivity index (χ0) is 10.7. The third kappa shape index (κ3) is 1.84. The first-order valence-corrected chi connectivity index (χ1v) is 5.67. The molecule has 0 amide bonds. The number of hydrogen-bond acceptors (Lipinski definition) is 1. The molecule has 1 aliphatic carbocycles. The highest BCUT2D eigenvalue weighted by Crippen LogP contribution is 2.51. The minimum Gasteiger partial charge on any atom is -0.316 e. The molecule has 0 radical (unpaired) electrons. The molecular formula is C14H19N. The van der Waals surface area contributed by atoms with Crippen LogP contribution in [0.3, 0.4) is 0 Å². The number of benzene rings is 1. The molecule has 1 atom stereocenters. The molecule has 1 heteroatoms. The molecule has 2 rings (SSSR count). The van der Waals surface area contributed by atoms with Crippen molar-refractivity contribution in [1.82, 2.24) is 5.32 Å². The SMILES string of the molecule is C=CCC(NC)C1(c2ccccc2)CC1. The van der Waals surface area contributed by atoms with E-state index in [2.05, 4.69) is 49.3 Å². The lowest BCUT2D eigenvalue weighted by Gasteiger charge is -2.26. The molecule has 0 saturated heterocycles. The molecule has 1 fully saturated rings. The molecule has 0 bridgehead atoms. The van der Waals surface area contributed by atoms with Gasteiger partial charge in [-0.25, -0.2) is 0 Å². The standard InChI is InChI=1S/C14H19N/c1-3-7-13(15-2)14(10-11-14)12-8-5-4-6-9-12/h3-6,8-9,13,15H,1,7,10-11H2,2H3. The van der Waals surface area contributed by atoms with E-state index < -0.39 is 0 Å². The van der Waals surface area contributed by atoms with Crippen molar-refractivity contribution in [2.75, 3.05) is 7.05 Å². The van der Waals surface area contributed by atoms with Crippen LogP contribution in [0.4, 0.5) is 0 Å². The lowest BCUT2D eigenvalue weighted by atomic mass is 9.86. The van der Waals surface area contributed by atoms with Crippen LogP contribution < -0.4 is 5.32 Å². The summed E-state index contributed by atoms with van der Waals surface area (Å²) in [6.07, 6.45) is 5.67. The first-order valence-electron chi connectivity index (χ1n) is 5.67. The van der Waals surface area contributed by atoms with Crippen molar-refractivity contribution in [3.8, 4) is 0 Å². The zero-order valence-corrected chi connectivity index (χ0v) is 9.37. The van der Waals surface area contributed by atoms with Crippen LogP contribution in [0.25, 0.3) is 0 Å². The maximum Gasteiger partial charge on any atom is 0.0195 e. The summed E-state index contributed by atoms with van der Waals surface area (Å²) in [6.45, 7) is 3.84. The second-order valence-corrected chi connectivity index (χ2v) is 4.39. The molecule has 0 aliphatic heterocycles. The minimum atomic E-state index is 0.379. The van der Waals surface area contributed by atoms with Gasteiger partial charge in [0.05, 0.1) is 0 Å². The Bertz CT molecular complexity index is 324. The first-order chi connectivity index (χ1) is 7.33. The molecule has 1 aliphatic rings. The van der Waals surface area contributed by atoms with E-state index in [1.807, 2.05) is 6.08 Å². The van der Waals surface area contributed by atoms with Crippen LogP contribution in [0.2, 0.25) is 0 Å². The van der Waals surface area contributed by atoms with Crippen LogP contribution in [-0.4, -0.2) is 13.1 Å². The van der Waals surface area contributed by atoms with E-state index in [1.54, 1.807) is 0 Å². The molecule has 80 valence electrons. The highest BCUT2D eigenvalue weighted by Gasteiger charge is 2.49. The number of nitrogens with one attached hydrogen (secondary N) is 1. The molecule has 0 spiro atoms. The van der Waals surface area contributed by atoms with Gasteiger partial charge in [0.1, 0.15) is 0 Å². The van der Waals surface area contributed by atoms with Crippen LogP contribution in [0.5, 0.6) is 0 Å². The van der Waals surface area contributed by atoms with E-state index >= 15 is 0 Å². The van der Waals surface area contributed by atoms with Crippen LogP contribution in [0.1, 0.15) is 24.8 Å². The smallest absolute Gasteiger partial charge is 0.0195 e. The van der Waals surface area contributed by atoms with Gasteiger partial charge < -0.3 is 5.32 Å². The Labute approximate surface area is 92.2 Å². The average Bonchev–Trinajstić information content (AvgIpc) is 3.08. The summed E-state index contributed by atoms with van der Waals surface area (Å²) in [5.41, 5.74) is 1.86. The van der Waals surface area contributed by atoms with E-state index in [1.165, 1.54) is 18.4 Å². The predicted molar refractivity (Wildman–Crippen MR) is 65.0 cm³/mol. The van der Waals surface area contributed by atoms with Crippen molar-refractivity contribution < 1.29 is 0 Å². The van der Waals surface area contributed by atoms with Crippen LogP contribution >= 0.6 is 0 Å². The minimum absolute atomic E-state index is 0.379. The molecule has 1 nitrogen and oxygen atoms in total. The predicted octanol–water partition coefficient (Wildman–Crippen LogP) is 2.88. The molecule has 15 heavy (non-hydrogen) atoms. The maximum absolute atomic E-state index is 3.84. The fourth-order valence-corrected chi connectivity index (χ4v) is 2.53. The Hall–Kier alpha value is -1.08. The van der Waals surface area contributed by atoms with E-state index in [-0.39, 0.29) is 0 Å². The van der Waals surface area contributed by atoms with Gasteiger partial charge in [0.25, 0.3) is 0 Å². The number of hydrogen-bond donors (Lipinski definition) is 1. The quantitative estimate of drug-likeness (QED) is 0.722. The van der Waals surface area contributed by atoms with Crippen LogP contribution in [0, 0.1) is 0 Å². The van der Waals surface area contributed by atoms with Gasteiger partial charge in [0.2, 0.25) is 0 Å². The molecule has 0 heterocycles. The Morgan fingerprint density at radius 1 is 1.40 bits per heavy atom. The molecule has 1 aromatic carbocycles. The lowest BCUT2D eigenvalue weighted by molar-refractivity contribution is 0.449. The van der Waals surface area contributed by atoms with E-state index in [0.29, 0.717) is 11.5 Å². The van der Waals surface area contributed by atoms with Crippen molar-refractivity contribution in [2.24, 2.45) is 0 Å². The number of likely N-dealkylation sites (N-methyl/N-ethyl adjacent to an activating group) is 1. The van der Waals surface area contributed by atoms with E-state index in [9.17, 15) is 0 Å². The summed E-state index contributed by atoms with van der Waals surface area (Å²) in [6, 6.07) is 11.4. The van der Waals surface area contributed by atoms with Crippen molar-refractivity contribution in [2.45, 2.75) is 30.7 Å². The summed E-state index contributed by atoms with van der Waals surface area (Å²) in [7, 11) is 2.05. The third-order valence-electron chi connectivity index (χ3n) is 3.56. The Morgan fingerprint density at radius 3 is 2.53 bits per heavy atom. The Kier molecular flexibility index (Phi) is 2.92. The zero-order valence-electron chi connectivity index (χ0n) is 9.37. The van der Waals surface area contributed by atoms with Gasteiger partial charge >= 0.3 is 0 Å². The summed E-state index contributed by atoms with van der Waals surface area (Å²) in [5.74, 6) is 0. The fourth-order valence-electron chi connectivity index (χ4n) is 2.53. The van der Waals surface area contributed by atoms with Crippen LogP contribution in [0.15, 0.2) is 43.0 Å². The van der Waals surface area contributed by atoms with Crippen molar-refractivity contribution in [3.63, 3.8) is 0 Å². The van der Waals surface area contributed by atoms with Crippen molar-refractivity contribution in [3.05, 3.63) is 48.6 Å². The largest absolute Gasteiger partial charge is 0.316 e. The van der Waals surface area contributed by atoms with Gasteiger partial charge in [-0.05, 0) is 31.9 Å². The van der Waals surface area contributed by atoms with Gasteiger partial charge in [-0.3, -0.25) is 0 Å². The highest BCUT2D eigenvalue weighted by molar-refractivity contribution is 5.34. The normalized spacial score (nSPS) is 19.5.